The van der Waals surface area contributed by atoms with Crippen molar-refractivity contribution < 1.29 is 14.1 Å². The molecule has 0 heterocycles. The Balaban J connectivity index is 2.49. The number of para-hydroxylation sites is 1. The van der Waals surface area contributed by atoms with Gasteiger partial charge in [0.05, 0.1) is 4.92 Å². The lowest BCUT2D eigenvalue weighted by atomic mass is 10.2. The molecule has 0 unspecified atom stereocenters. The van der Waals surface area contributed by atoms with E-state index < -0.39 is 10.7 Å². The van der Waals surface area contributed by atoms with E-state index in [0.717, 1.165) is 0 Å². The predicted molar refractivity (Wildman–Crippen MR) is 72.0 cm³/mol. The molecule has 0 radical (unpaired) electrons. The molecule has 0 saturated heterocycles. The van der Waals surface area contributed by atoms with E-state index in [2.05, 4.69) is 15.9 Å². The van der Waals surface area contributed by atoms with Crippen molar-refractivity contribution >= 4 is 21.6 Å². The molecule has 2 rings (SSSR count). The number of rotatable bonds is 3. The summed E-state index contributed by atoms with van der Waals surface area (Å²) in [6.45, 7) is 1.66. The predicted octanol–water partition coefficient (Wildman–Crippen LogP) is 4.60. The molecule has 6 heteroatoms. The van der Waals surface area contributed by atoms with Crippen LogP contribution in [0, 0.1) is 22.9 Å². The van der Waals surface area contributed by atoms with Crippen LogP contribution in [-0.4, -0.2) is 4.92 Å². The third kappa shape index (κ3) is 2.90. The molecule has 98 valence electrons. The third-order valence-corrected chi connectivity index (χ3v) is 2.99. The summed E-state index contributed by atoms with van der Waals surface area (Å²) in [5.74, 6) is -0.600. The zero-order valence-electron chi connectivity index (χ0n) is 9.89. The fourth-order valence-electron chi connectivity index (χ4n) is 1.58. The molecule has 2 aromatic rings. The van der Waals surface area contributed by atoms with Crippen molar-refractivity contribution in [2.24, 2.45) is 0 Å². The lowest BCUT2D eigenvalue weighted by Crippen LogP contribution is -1.96. The van der Waals surface area contributed by atoms with E-state index in [9.17, 15) is 14.5 Å². The Labute approximate surface area is 117 Å². The molecular formula is C13H9BrFNO3. The number of nitrogens with zero attached hydrogens (tertiary/aromatic N) is 1. The van der Waals surface area contributed by atoms with Gasteiger partial charge in [-0.2, -0.15) is 0 Å². The van der Waals surface area contributed by atoms with Crippen molar-refractivity contribution in [1.29, 1.82) is 0 Å². The summed E-state index contributed by atoms with van der Waals surface area (Å²) in [6, 6.07) is 8.71. The highest BCUT2D eigenvalue weighted by molar-refractivity contribution is 9.10. The lowest BCUT2D eigenvalue weighted by Gasteiger charge is -2.10. The Morgan fingerprint density at radius 2 is 2.05 bits per heavy atom. The summed E-state index contributed by atoms with van der Waals surface area (Å²) < 4.78 is 19.6. The molecular weight excluding hydrogens is 317 g/mol. The van der Waals surface area contributed by atoms with E-state index in [-0.39, 0.29) is 17.2 Å². The zero-order chi connectivity index (χ0) is 14.0. The van der Waals surface area contributed by atoms with Crippen LogP contribution in [-0.2, 0) is 0 Å². The first kappa shape index (κ1) is 13.5. The van der Waals surface area contributed by atoms with Crippen molar-refractivity contribution in [3.8, 4) is 11.5 Å². The van der Waals surface area contributed by atoms with E-state index in [4.69, 9.17) is 4.74 Å². The average molecular weight is 326 g/mol. The van der Waals surface area contributed by atoms with E-state index in [1.54, 1.807) is 19.1 Å². The minimum absolute atomic E-state index is 0.0458. The van der Waals surface area contributed by atoms with Crippen LogP contribution in [0.5, 0.6) is 11.5 Å². The van der Waals surface area contributed by atoms with Gasteiger partial charge in [0.25, 0.3) is 0 Å². The lowest BCUT2D eigenvalue weighted by molar-refractivity contribution is -0.385. The normalized spacial score (nSPS) is 10.3. The summed E-state index contributed by atoms with van der Waals surface area (Å²) in [7, 11) is 0. The highest BCUT2D eigenvalue weighted by Gasteiger charge is 2.19. The molecule has 0 N–H and O–H groups in total. The fraction of sp³-hybridized carbons (Fsp3) is 0.0769. The number of hydrogen-bond donors (Lipinski definition) is 0. The second-order valence-electron chi connectivity index (χ2n) is 3.86. The van der Waals surface area contributed by atoms with Crippen LogP contribution in [0.25, 0.3) is 0 Å². The standard InChI is InChI=1S/C13H9BrFNO3/c1-8-3-2-4-11(16(17)18)13(8)19-12-7-9(14)5-6-10(12)15/h2-7H,1H3. The maximum Gasteiger partial charge on any atom is 0.311 e. The van der Waals surface area contributed by atoms with Crippen LogP contribution in [0.3, 0.4) is 0 Å². The highest BCUT2D eigenvalue weighted by atomic mass is 79.9. The van der Waals surface area contributed by atoms with Gasteiger partial charge in [0.15, 0.2) is 11.6 Å². The van der Waals surface area contributed by atoms with Crippen LogP contribution in [0.15, 0.2) is 40.9 Å². The second kappa shape index (κ2) is 5.36. The average Bonchev–Trinajstić information content (AvgIpc) is 2.35. The molecule has 0 aliphatic carbocycles. The molecule has 0 aromatic heterocycles. The second-order valence-corrected chi connectivity index (χ2v) is 4.77. The number of aryl methyl sites for hydroxylation is 1. The number of nitro benzene ring substituents is 1. The van der Waals surface area contributed by atoms with Crippen LogP contribution in [0.1, 0.15) is 5.56 Å². The molecule has 0 atom stereocenters. The summed E-state index contributed by atoms with van der Waals surface area (Å²) in [5.41, 5.74) is 0.368. The Morgan fingerprint density at radius 3 is 2.74 bits per heavy atom. The minimum atomic E-state index is -0.583. The molecule has 0 aliphatic rings. The van der Waals surface area contributed by atoms with E-state index in [0.29, 0.717) is 10.0 Å². The molecule has 2 aromatic carbocycles. The number of halogens is 2. The minimum Gasteiger partial charge on any atom is -0.447 e. The van der Waals surface area contributed by atoms with Crippen molar-refractivity contribution in [1.82, 2.24) is 0 Å². The zero-order valence-corrected chi connectivity index (χ0v) is 11.5. The largest absolute Gasteiger partial charge is 0.447 e. The first-order valence-corrected chi connectivity index (χ1v) is 6.15. The third-order valence-electron chi connectivity index (χ3n) is 2.49. The van der Waals surface area contributed by atoms with Crippen molar-refractivity contribution in [3.05, 3.63) is 62.4 Å². The monoisotopic (exact) mass is 325 g/mol. The molecule has 0 fully saturated rings. The van der Waals surface area contributed by atoms with Gasteiger partial charge >= 0.3 is 5.69 Å². The van der Waals surface area contributed by atoms with Gasteiger partial charge < -0.3 is 4.74 Å². The molecule has 0 saturated carbocycles. The van der Waals surface area contributed by atoms with Crippen LogP contribution < -0.4 is 4.74 Å². The van der Waals surface area contributed by atoms with Crippen molar-refractivity contribution in [2.45, 2.75) is 6.92 Å². The van der Waals surface area contributed by atoms with Gasteiger partial charge in [-0.15, -0.1) is 0 Å². The number of ether oxygens (including phenoxy) is 1. The van der Waals surface area contributed by atoms with Gasteiger partial charge in [-0.1, -0.05) is 28.1 Å². The van der Waals surface area contributed by atoms with Crippen LogP contribution in [0.4, 0.5) is 10.1 Å². The molecule has 19 heavy (non-hydrogen) atoms. The molecule has 4 nitrogen and oxygen atoms in total. The van der Waals surface area contributed by atoms with Gasteiger partial charge in [-0.25, -0.2) is 4.39 Å². The van der Waals surface area contributed by atoms with E-state index in [1.165, 1.54) is 24.3 Å². The maximum absolute atomic E-state index is 13.6. The Morgan fingerprint density at radius 1 is 1.32 bits per heavy atom. The van der Waals surface area contributed by atoms with Gasteiger partial charge in [0, 0.05) is 10.5 Å². The SMILES string of the molecule is Cc1cccc([N+](=O)[O-])c1Oc1cc(Br)ccc1F. The Bertz CT molecular complexity index is 646. The topological polar surface area (TPSA) is 52.4 Å². The highest BCUT2D eigenvalue weighted by Crippen LogP contribution is 2.36. The molecule has 0 aliphatic heterocycles. The summed E-state index contributed by atoms with van der Waals surface area (Å²) in [5, 5.41) is 10.9. The first-order valence-electron chi connectivity index (χ1n) is 5.36. The molecule has 0 bridgehead atoms. The smallest absolute Gasteiger partial charge is 0.311 e. The quantitative estimate of drug-likeness (QED) is 0.612. The fourth-order valence-corrected chi connectivity index (χ4v) is 1.92. The van der Waals surface area contributed by atoms with Gasteiger partial charge in [-0.3, -0.25) is 10.1 Å². The van der Waals surface area contributed by atoms with Gasteiger partial charge in [0.2, 0.25) is 5.75 Å². The van der Waals surface area contributed by atoms with Crippen molar-refractivity contribution in [2.75, 3.05) is 0 Å². The summed E-state index contributed by atoms with van der Waals surface area (Å²) >= 11 is 3.20. The maximum atomic E-state index is 13.6. The van der Waals surface area contributed by atoms with Crippen molar-refractivity contribution in [3.63, 3.8) is 0 Å². The van der Waals surface area contributed by atoms with E-state index in [1.807, 2.05) is 0 Å². The molecule has 0 amide bonds. The van der Waals surface area contributed by atoms with Gasteiger partial charge in [0.1, 0.15) is 0 Å². The van der Waals surface area contributed by atoms with E-state index >= 15 is 0 Å². The van der Waals surface area contributed by atoms with Gasteiger partial charge in [-0.05, 0) is 30.7 Å². The summed E-state index contributed by atoms with van der Waals surface area (Å²) in [4.78, 5) is 10.4. The Kier molecular flexibility index (Phi) is 3.80. The summed E-state index contributed by atoms with van der Waals surface area (Å²) in [6.07, 6.45) is 0. The first-order chi connectivity index (χ1) is 8.99. The number of benzene rings is 2. The van der Waals surface area contributed by atoms with Crippen LogP contribution >= 0.6 is 15.9 Å². The number of nitro groups is 1. The Hall–Kier alpha value is -1.95. The van der Waals surface area contributed by atoms with Crippen LogP contribution in [0.2, 0.25) is 0 Å². The molecule has 0 spiro atoms. The number of hydrogen-bond acceptors (Lipinski definition) is 3.